The Morgan fingerprint density at radius 3 is 3.00 bits per heavy atom. The molecule has 96 valence electrons. The molecule has 0 amide bonds. The lowest BCUT2D eigenvalue weighted by Gasteiger charge is -2.33. The number of hydrogen-bond acceptors (Lipinski definition) is 3. The number of rotatable bonds is 1. The molecule has 0 aliphatic carbocycles. The van der Waals surface area contributed by atoms with Crippen LogP contribution in [-0.4, -0.2) is 30.0 Å². The SMILES string of the molecule is Cc1ccc(C)c(C2CCN=C3NC(C)CN32)c1. The summed E-state index contributed by atoms with van der Waals surface area (Å²) in [7, 11) is 0. The molecule has 1 aromatic rings. The molecule has 2 atom stereocenters. The number of fused-ring (bicyclic) bond motifs is 1. The molecule has 1 saturated heterocycles. The quantitative estimate of drug-likeness (QED) is 0.820. The third-order valence-corrected chi connectivity index (χ3v) is 3.95. The van der Waals surface area contributed by atoms with Gasteiger partial charge in [0.2, 0.25) is 0 Å². The Morgan fingerprint density at radius 1 is 1.33 bits per heavy atom. The molecular weight excluding hydrogens is 222 g/mol. The van der Waals surface area contributed by atoms with E-state index in [2.05, 4.69) is 54.2 Å². The van der Waals surface area contributed by atoms with Gasteiger partial charge in [-0.05, 0) is 38.3 Å². The zero-order valence-corrected chi connectivity index (χ0v) is 11.4. The van der Waals surface area contributed by atoms with E-state index >= 15 is 0 Å². The molecule has 3 heteroatoms. The zero-order valence-electron chi connectivity index (χ0n) is 11.4. The lowest BCUT2D eigenvalue weighted by Crippen LogP contribution is -2.38. The van der Waals surface area contributed by atoms with Crippen LogP contribution in [0.3, 0.4) is 0 Å². The van der Waals surface area contributed by atoms with Gasteiger partial charge in [-0.15, -0.1) is 0 Å². The molecule has 2 aliphatic rings. The predicted molar refractivity (Wildman–Crippen MR) is 74.9 cm³/mol. The van der Waals surface area contributed by atoms with Crippen molar-refractivity contribution in [2.24, 2.45) is 4.99 Å². The number of guanidine groups is 1. The van der Waals surface area contributed by atoms with Crippen molar-refractivity contribution < 1.29 is 0 Å². The van der Waals surface area contributed by atoms with Crippen LogP contribution in [0.25, 0.3) is 0 Å². The summed E-state index contributed by atoms with van der Waals surface area (Å²) in [6, 6.07) is 7.78. The monoisotopic (exact) mass is 243 g/mol. The number of benzene rings is 1. The Labute approximate surface area is 109 Å². The Hall–Kier alpha value is -1.51. The second-order valence-corrected chi connectivity index (χ2v) is 5.57. The van der Waals surface area contributed by atoms with Gasteiger partial charge in [0.25, 0.3) is 0 Å². The van der Waals surface area contributed by atoms with Gasteiger partial charge in [0.05, 0.1) is 6.04 Å². The third-order valence-electron chi connectivity index (χ3n) is 3.95. The largest absolute Gasteiger partial charge is 0.352 e. The van der Waals surface area contributed by atoms with Crippen molar-refractivity contribution in [2.75, 3.05) is 13.1 Å². The summed E-state index contributed by atoms with van der Waals surface area (Å²) in [6.07, 6.45) is 1.13. The summed E-state index contributed by atoms with van der Waals surface area (Å²) in [6.45, 7) is 8.61. The van der Waals surface area contributed by atoms with Crippen molar-refractivity contribution in [1.29, 1.82) is 0 Å². The first-order valence-corrected chi connectivity index (χ1v) is 6.80. The summed E-state index contributed by atoms with van der Waals surface area (Å²) < 4.78 is 0. The predicted octanol–water partition coefficient (Wildman–Crippen LogP) is 2.40. The molecule has 0 aromatic heterocycles. The van der Waals surface area contributed by atoms with E-state index in [1.807, 2.05) is 0 Å². The molecule has 0 saturated carbocycles. The van der Waals surface area contributed by atoms with E-state index < -0.39 is 0 Å². The molecule has 0 radical (unpaired) electrons. The highest BCUT2D eigenvalue weighted by atomic mass is 15.4. The number of nitrogens with zero attached hydrogens (tertiary/aromatic N) is 2. The Balaban J connectivity index is 1.97. The molecule has 18 heavy (non-hydrogen) atoms. The fraction of sp³-hybridized carbons (Fsp3) is 0.533. The van der Waals surface area contributed by atoms with Crippen LogP contribution in [0.5, 0.6) is 0 Å². The third kappa shape index (κ3) is 1.88. The first-order valence-electron chi connectivity index (χ1n) is 6.80. The second-order valence-electron chi connectivity index (χ2n) is 5.57. The molecule has 2 aliphatic heterocycles. The van der Waals surface area contributed by atoms with Crippen LogP contribution in [0.15, 0.2) is 23.2 Å². The number of hydrogen-bond donors (Lipinski definition) is 1. The van der Waals surface area contributed by atoms with Gasteiger partial charge in [-0.1, -0.05) is 23.8 Å². The van der Waals surface area contributed by atoms with E-state index in [0.29, 0.717) is 12.1 Å². The molecule has 3 nitrogen and oxygen atoms in total. The fourth-order valence-electron chi connectivity index (χ4n) is 3.03. The van der Waals surface area contributed by atoms with Crippen molar-refractivity contribution in [3.8, 4) is 0 Å². The van der Waals surface area contributed by atoms with Gasteiger partial charge in [0, 0.05) is 19.1 Å². The van der Waals surface area contributed by atoms with Crippen molar-refractivity contribution >= 4 is 5.96 Å². The fourth-order valence-corrected chi connectivity index (χ4v) is 3.03. The van der Waals surface area contributed by atoms with Crippen molar-refractivity contribution in [3.05, 3.63) is 34.9 Å². The summed E-state index contributed by atoms with van der Waals surface area (Å²) >= 11 is 0. The van der Waals surface area contributed by atoms with Crippen LogP contribution < -0.4 is 5.32 Å². The highest BCUT2D eigenvalue weighted by molar-refractivity contribution is 5.83. The molecule has 0 bridgehead atoms. The first-order chi connectivity index (χ1) is 8.65. The summed E-state index contributed by atoms with van der Waals surface area (Å²) in [4.78, 5) is 7.04. The molecule has 2 heterocycles. The van der Waals surface area contributed by atoms with E-state index in [4.69, 9.17) is 0 Å². The van der Waals surface area contributed by atoms with Crippen LogP contribution in [-0.2, 0) is 0 Å². The van der Waals surface area contributed by atoms with Gasteiger partial charge in [-0.25, -0.2) is 0 Å². The molecule has 2 unspecified atom stereocenters. The van der Waals surface area contributed by atoms with E-state index in [9.17, 15) is 0 Å². The molecule has 1 fully saturated rings. The standard InChI is InChI=1S/C15H21N3/c1-10-4-5-11(2)13(8-10)14-6-7-16-15-17-12(3)9-18(14)15/h4-5,8,12,14H,6-7,9H2,1-3H3,(H,16,17). The first kappa shape index (κ1) is 11.6. The zero-order chi connectivity index (χ0) is 12.7. The van der Waals surface area contributed by atoms with E-state index in [1.54, 1.807) is 0 Å². The van der Waals surface area contributed by atoms with E-state index in [1.165, 1.54) is 16.7 Å². The Morgan fingerprint density at radius 2 is 2.17 bits per heavy atom. The van der Waals surface area contributed by atoms with Crippen LogP contribution in [0, 0.1) is 13.8 Å². The summed E-state index contributed by atoms with van der Waals surface area (Å²) in [5, 5.41) is 3.47. The number of aryl methyl sites for hydroxylation is 2. The van der Waals surface area contributed by atoms with Crippen molar-refractivity contribution in [1.82, 2.24) is 10.2 Å². The van der Waals surface area contributed by atoms with Crippen molar-refractivity contribution in [3.63, 3.8) is 0 Å². The second kappa shape index (κ2) is 4.30. The maximum Gasteiger partial charge on any atom is 0.194 e. The minimum Gasteiger partial charge on any atom is -0.352 e. The molecule has 1 aromatic carbocycles. The van der Waals surface area contributed by atoms with E-state index in [0.717, 1.165) is 25.5 Å². The normalized spacial score (nSPS) is 26.6. The minimum absolute atomic E-state index is 0.495. The average molecular weight is 243 g/mol. The Bertz CT molecular complexity index is 493. The molecular formula is C15H21N3. The van der Waals surface area contributed by atoms with Crippen LogP contribution in [0.1, 0.15) is 36.1 Å². The number of nitrogens with one attached hydrogen (secondary N) is 1. The maximum absolute atomic E-state index is 4.60. The lowest BCUT2D eigenvalue weighted by molar-refractivity contribution is 0.304. The minimum atomic E-state index is 0.495. The van der Waals surface area contributed by atoms with Gasteiger partial charge < -0.3 is 10.2 Å². The van der Waals surface area contributed by atoms with E-state index in [-0.39, 0.29) is 0 Å². The van der Waals surface area contributed by atoms with Crippen LogP contribution in [0.4, 0.5) is 0 Å². The van der Waals surface area contributed by atoms with Crippen LogP contribution in [0.2, 0.25) is 0 Å². The van der Waals surface area contributed by atoms with Gasteiger partial charge in [-0.3, -0.25) is 4.99 Å². The van der Waals surface area contributed by atoms with Gasteiger partial charge >= 0.3 is 0 Å². The average Bonchev–Trinajstić information content (AvgIpc) is 2.72. The van der Waals surface area contributed by atoms with Crippen LogP contribution >= 0.6 is 0 Å². The van der Waals surface area contributed by atoms with Gasteiger partial charge in [0.15, 0.2) is 5.96 Å². The maximum atomic E-state index is 4.60. The summed E-state index contributed by atoms with van der Waals surface area (Å²) in [5.41, 5.74) is 4.21. The Kier molecular flexibility index (Phi) is 2.77. The van der Waals surface area contributed by atoms with Gasteiger partial charge in [-0.2, -0.15) is 0 Å². The van der Waals surface area contributed by atoms with Crippen molar-refractivity contribution in [2.45, 2.75) is 39.3 Å². The summed E-state index contributed by atoms with van der Waals surface area (Å²) in [5.74, 6) is 1.10. The van der Waals surface area contributed by atoms with Gasteiger partial charge in [0.1, 0.15) is 0 Å². The molecule has 3 rings (SSSR count). The smallest absolute Gasteiger partial charge is 0.194 e. The number of aliphatic imine (C=N–C) groups is 1. The lowest BCUT2D eigenvalue weighted by atomic mass is 9.95. The molecule has 0 spiro atoms. The topological polar surface area (TPSA) is 27.6 Å². The molecule has 1 N–H and O–H groups in total. The highest BCUT2D eigenvalue weighted by Gasteiger charge is 2.33. The highest BCUT2D eigenvalue weighted by Crippen LogP contribution is 2.32.